The van der Waals surface area contributed by atoms with Crippen LogP contribution in [0.15, 0.2) is 59.8 Å². The quantitative estimate of drug-likeness (QED) is 0.518. The first-order valence-electron chi connectivity index (χ1n) is 7.75. The van der Waals surface area contributed by atoms with E-state index in [1.165, 1.54) is 19.2 Å². The molecule has 2 heterocycles. The number of para-hydroxylation sites is 2. The predicted octanol–water partition coefficient (Wildman–Crippen LogP) is 1.70. The van der Waals surface area contributed by atoms with Gasteiger partial charge in [-0.1, -0.05) is 12.1 Å². The highest BCUT2D eigenvalue weighted by Crippen LogP contribution is 2.39. The van der Waals surface area contributed by atoms with E-state index in [0.717, 1.165) is 4.90 Å². The van der Waals surface area contributed by atoms with E-state index in [0.29, 0.717) is 17.1 Å². The molecule has 1 N–H and O–H groups in total. The molecule has 0 unspecified atom stereocenters. The first-order valence-corrected chi connectivity index (χ1v) is 7.75. The highest BCUT2D eigenvalue weighted by Gasteiger charge is 2.48. The summed E-state index contributed by atoms with van der Waals surface area (Å²) in [4.78, 5) is 51.3. The normalized spacial score (nSPS) is 15.6. The molecule has 26 heavy (non-hydrogen) atoms. The van der Waals surface area contributed by atoms with Crippen LogP contribution in [0.1, 0.15) is 10.4 Å². The highest BCUT2D eigenvalue weighted by molar-refractivity contribution is 6.60. The molecule has 0 spiro atoms. The van der Waals surface area contributed by atoms with Gasteiger partial charge in [0.15, 0.2) is 5.78 Å². The van der Waals surface area contributed by atoms with Gasteiger partial charge in [0.2, 0.25) is 0 Å². The zero-order valence-corrected chi connectivity index (χ0v) is 13.6. The molecule has 0 atom stereocenters. The Kier molecular flexibility index (Phi) is 3.43. The lowest BCUT2D eigenvalue weighted by Crippen LogP contribution is -2.37. The lowest BCUT2D eigenvalue weighted by molar-refractivity contribution is -0.132. The second kappa shape index (κ2) is 5.66. The summed E-state index contributed by atoms with van der Waals surface area (Å²) in [6.45, 7) is 0. The van der Waals surface area contributed by atoms with Gasteiger partial charge in [-0.25, -0.2) is 0 Å². The molecule has 2 amide bonds. The molecule has 7 heteroatoms. The molecule has 0 radical (unpaired) electrons. The third-order valence-electron chi connectivity index (χ3n) is 4.27. The number of carbonyl (C=O) groups is 4. The number of rotatable bonds is 3. The van der Waals surface area contributed by atoms with E-state index >= 15 is 0 Å². The van der Waals surface area contributed by atoms with Crippen molar-refractivity contribution in [3.8, 4) is 5.75 Å². The lowest BCUT2D eigenvalue weighted by Gasteiger charge is -2.27. The summed E-state index contributed by atoms with van der Waals surface area (Å²) in [7, 11) is 1.49. The van der Waals surface area contributed by atoms with Crippen molar-refractivity contribution >= 4 is 34.8 Å². The molecule has 2 aromatic rings. The largest absolute Gasteiger partial charge is 0.497 e. The van der Waals surface area contributed by atoms with Crippen molar-refractivity contribution in [2.24, 2.45) is 0 Å². The van der Waals surface area contributed by atoms with Gasteiger partial charge in [-0.2, -0.15) is 0 Å². The SMILES string of the molecule is COc1ccc(C(=O)C2=C3C(=O)Nc4ccccc4N3C(=O)C2=O)cc1. The van der Waals surface area contributed by atoms with Crippen LogP contribution >= 0.6 is 0 Å². The van der Waals surface area contributed by atoms with Crippen LogP contribution in [-0.4, -0.2) is 30.5 Å². The summed E-state index contributed by atoms with van der Waals surface area (Å²) < 4.78 is 5.04. The molecule has 0 bridgehead atoms. The maximum Gasteiger partial charge on any atom is 0.304 e. The van der Waals surface area contributed by atoms with Gasteiger partial charge in [-0.3, -0.25) is 24.1 Å². The summed E-state index contributed by atoms with van der Waals surface area (Å²) in [5.74, 6) is -2.72. The number of anilines is 2. The van der Waals surface area contributed by atoms with Crippen LogP contribution in [0.3, 0.4) is 0 Å². The molecule has 128 valence electrons. The molecule has 0 saturated heterocycles. The third kappa shape index (κ3) is 2.14. The van der Waals surface area contributed by atoms with Crippen molar-refractivity contribution in [1.29, 1.82) is 0 Å². The number of ketones is 2. The molecule has 0 saturated carbocycles. The number of hydrogen-bond acceptors (Lipinski definition) is 5. The Labute approximate surface area is 147 Å². The van der Waals surface area contributed by atoms with Crippen LogP contribution < -0.4 is 15.0 Å². The third-order valence-corrected chi connectivity index (χ3v) is 4.27. The number of Topliss-reactive ketones (excluding diaryl/α,β-unsaturated/α-hetero) is 2. The van der Waals surface area contributed by atoms with Gasteiger partial charge < -0.3 is 10.1 Å². The fourth-order valence-corrected chi connectivity index (χ4v) is 3.03. The number of methoxy groups -OCH3 is 1. The minimum Gasteiger partial charge on any atom is -0.497 e. The summed E-state index contributed by atoms with van der Waals surface area (Å²) in [5, 5.41) is 2.61. The molecule has 2 aliphatic heterocycles. The van der Waals surface area contributed by atoms with E-state index in [-0.39, 0.29) is 11.3 Å². The smallest absolute Gasteiger partial charge is 0.304 e. The van der Waals surface area contributed by atoms with E-state index in [4.69, 9.17) is 4.74 Å². The Balaban J connectivity index is 1.86. The summed E-state index contributed by atoms with van der Waals surface area (Å²) in [5.41, 5.74) is 0.285. The van der Waals surface area contributed by atoms with E-state index in [1.54, 1.807) is 36.4 Å². The second-order valence-corrected chi connectivity index (χ2v) is 5.72. The van der Waals surface area contributed by atoms with Crippen LogP contribution in [-0.2, 0) is 14.4 Å². The fraction of sp³-hybridized carbons (Fsp3) is 0.0526. The van der Waals surface area contributed by atoms with E-state index in [1.807, 2.05) is 0 Å². The van der Waals surface area contributed by atoms with Crippen LogP contribution in [0.25, 0.3) is 0 Å². The number of amides is 2. The van der Waals surface area contributed by atoms with Crippen molar-refractivity contribution in [1.82, 2.24) is 0 Å². The van der Waals surface area contributed by atoms with Crippen molar-refractivity contribution < 1.29 is 23.9 Å². The van der Waals surface area contributed by atoms with Gasteiger partial charge in [-0.05, 0) is 36.4 Å². The van der Waals surface area contributed by atoms with Crippen LogP contribution in [0.4, 0.5) is 11.4 Å². The van der Waals surface area contributed by atoms with Gasteiger partial charge in [0.25, 0.3) is 11.7 Å². The number of carbonyl (C=O) groups excluding carboxylic acids is 4. The van der Waals surface area contributed by atoms with Crippen molar-refractivity contribution in [3.63, 3.8) is 0 Å². The molecular weight excluding hydrogens is 336 g/mol. The molecule has 4 rings (SSSR count). The number of fused-ring (bicyclic) bond motifs is 3. The Morgan fingerprint density at radius 2 is 1.69 bits per heavy atom. The van der Waals surface area contributed by atoms with Gasteiger partial charge in [0.1, 0.15) is 17.0 Å². The Bertz CT molecular complexity index is 1020. The number of nitrogens with zero attached hydrogens (tertiary/aromatic N) is 1. The zero-order chi connectivity index (χ0) is 18.4. The minimum absolute atomic E-state index is 0.183. The maximum atomic E-state index is 12.8. The first kappa shape index (κ1) is 15.8. The zero-order valence-electron chi connectivity index (χ0n) is 13.6. The predicted molar refractivity (Wildman–Crippen MR) is 91.9 cm³/mol. The highest BCUT2D eigenvalue weighted by atomic mass is 16.5. The number of benzene rings is 2. The van der Waals surface area contributed by atoms with Gasteiger partial charge in [-0.15, -0.1) is 0 Å². The number of hydrogen-bond donors (Lipinski definition) is 1. The fourth-order valence-electron chi connectivity index (χ4n) is 3.03. The monoisotopic (exact) mass is 348 g/mol. The molecule has 0 fully saturated rings. The number of nitrogens with one attached hydrogen (secondary N) is 1. The molecular formula is C19H12N2O5. The van der Waals surface area contributed by atoms with Crippen molar-refractivity contribution in [3.05, 3.63) is 65.4 Å². The van der Waals surface area contributed by atoms with E-state index in [9.17, 15) is 19.2 Å². The van der Waals surface area contributed by atoms with E-state index < -0.39 is 29.0 Å². The lowest BCUT2D eigenvalue weighted by atomic mass is 9.99. The summed E-state index contributed by atoms with van der Waals surface area (Å²) in [6, 6.07) is 12.7. The molecule has 7 nitrogen and oxygen atoms in total. The second-order valence-electron chi connectivity index (χ2n) is 5.72. The maximum absolute atomic E-state index is 12.8. The van der Waals surface area contributed by atoms with Crippen LogP contribution in [0, 0.1) is 0 Å². The topological polar surface area (TPSA) is 92.8 Å². The van der Waals surface area contributed by atoms with Crippen molar-refractivity contribution in [2.45, 2.75) is 0 Å². The molecule has 0 aromatic heterocycles. The van der Waals surface area contributed by atoms with Gasteiger partial charge in [0, 0.05) is 5.56 Å². The Hall–Kier alpha value is -3.74. The molecule has 0 aliphatic carbocycles. The van der Waals surface area contributed by atoms with Gasteiger partial charge in [0.05, 0.1) is 18.5 Å². The number of ether oxygens (including phenoxy) is 1. The molecule has 2 aromatic carbocycles. The van der Waals surface area contributed by atoms with Gasteiger partial charge >= 0.3 is 5.91 Å². The average molecular weight is 348 g/mol. The summed E-state index contributed by atoms with van der Waals surface area (Å²) in [6.07, 6.45) is 0. The minimum atomic E-state index is -0.993. The van der Waals surface area contributed by atoms with E-state index in [2.05, 4.69) is 5.32 Å². The Morgan fingerprint density at radius 3 is 2.38 bits per heavy atom. The standard InChI is InChI=1S/C19H12N2O5/c1-26-11-8-6-10(7-9-11)16(22)14-15-18(24)20-12-4-2-3-5-13(12)21(15)19(25)17(14)23/h2-9H,1H3,(H,20,24). The Morgan fingerprint density at radius 1 is 1.00 bits per heavy atom. The first-order chi connectivity index (χ1) is 12.5. The molecule has 2 aliphatic rings. The van der Waals surface area contributed by atoms with Crippen molar-refractivity contribution in [2.75, 3.05) is 17.3 Å². The van der Waals surface area contributed by atoms with Crippen LogP contribution in [0.2, 0.25) is 0 Å². The average Bonchev–Trinajstić information content (AvgIpc) is 2.93. The summed E-state index contributed by atoms with van der Waals surface area (Å²) >= 11 is 0. The van der Waals surface area contributed by atoms with Crippen LogP contribution in [0.5, 0.6) is 5.75 Å².